The summed E-state index contributed by atoms with van der Waals surface area (Å²) in [6.45, 7) is 4.67. The Morgan fingerprint density at radius 3 is 2.19 bits per heavy atom. The van der Waals surface area contributed by atoms with Crippen LogP contribution in [0.25, 0.3) is 11.1 Å². The maximum atomic E-state index is 13.8. The normalized spacial score (nSPS) is 12.3. The van der Waals surface area contributed by atoms with E-state index < -0.39 is 53.5 Å². The Morgan fingerprint density at radius 1 is 0.936 bits per heavy atom. The molecule has 0 aliphatic rings. The van der Waals surface area contributed by atoms with Gasteiger partial charge in [0.15, 0.2) is 12.4 Å². The molecule has 1 atom stereocenters. The Balaban J connectivity index is 1.78. The van der Waals surface area contributed by atoms with Crippen molar-refractivity contribution in [2.45, 2.75) is 51.9 Å². The number of esters is 1. The van der Waals surface area contributed by atoms with E-state index in [-0.39, 0.29) is 39.4 Å². The molecule has 246 valence electrons. The lowest BCUT2D eigenvalue weighted by Crippen LogP contribution is -2.37. The van der Waals surface area contributed by atoms with Gasteiger partial charge in [0.2, 0.25) is 11.8 Å². The monoisotopic (exact) mass is 669 g/mol. The third kappa shape index (κ3) is 9.52. The van der Waals surface area contributed by atoms with Crippen molar-refractivity contribution in [1.82, 2.24) is 9.78 Å². The minimum Gasteiger partial charge on any atom is -0.467 e. The van der Waals surface area contributed by atoms with E-state index in [0.29, 0.717) is 5.56 Å². The van der Waals surface area contributed by atoms with Gasteiger partial charge >= 0.3 is 12.1 Å². The number of ketones is 1. The van der Waals surface area contributed by atoms with Crippen LogP contribution in [0, 0.1) is 0 Å². The highest BCUT2D eigenvalue weighted by Gasteiger charge is 2.31. The average molecular weight is 670 g/mol. The Bertz CT molecular complexity index is 1840. The molecule has 1 aromatic heterocycles. The molecule has 0 fully saturated rings. The number of rotatable bonds is 10. The van der Waals surface area contributed by atoms with Gasteiger partial charge in [-0.2, -0.15) is 13.2 Å². The minimum absolute atomic E-state index is 0.0352. The number of anilines is 1. The molecule has 0 saturated carbocycles. The summed E-state index contributed by atoms with van der Waals surface area (Å²) in [6, 6.07) is 18.2. The molecule has 3 aromatic carbocycles. The van der Waals surface area contributed by atoms with Crippen molar-refractivity contribution in [1.29, 1.82) is 0 Å². The van der Waals surface area contributed by atoms with Crippen molar-refractivity contribution in [2.75, 3.05) is 11.9 Å². The summed E-state index contributed by atoms with van der Waals surface area (Å²) in [5.41, 5.74) is -0.546. The van der Waals surface area contributed by atoms with Crippen molar-refractivity contribution in [3.8, 4) is 17.0 Å². The number of ether oxygens (including phenoxy) is 2. The maximum Gasteiger partial charge on any atom is 0.422 e. The van der Waals surface area contributed by atoms with Crippen LogP contribution in [0.15, 0.2) is 83.7 Å². The first-order valence-electron chi connectivity index (χ1n) is 14.3. The number of halogens is 4. The van der Waals surface area contributed by atoms with Gasteiger partial charge in [0.05, 0.1) is 11.1 Å². The Morgan fingerprint density at radius 2 is 1.60 bits per heavy atom. The van der Waals surface area contributed by atoms with Crippen molar-refractivity contribution in [3.05, 3.63) is 111 Å². The summed E-state index contributed by atoms with van der Waals surface area (Å²) >= 11 is 6.14. The highest BCUT2D eigenvalue weighted by Crippen LogP contribution is 2.34. The van der Waals surface area contributed by atoms with Crippen LogP contribution < -0.4 is 15.6 Å². The molecular weight excluding hydrogens is 639 g/mol. The summed E-state index contributed by atoms with van der Waals surface area (Å²) in [4.78, 5) is 52.2. The number of aromatic nitrogens is 2. The van der Waals surface area contributed by atoms with Crippen molar-refractivity contribution in [3.63, 3.8) is 0 Å². The number of hydrogen-bond acceptors (Lipinski definition) is 7. The van der Waals surface area contributed by atoms with E-state index in [2.05, 4.69) is 10.4 Å². The zero-order valence-corrected chi connectivity index (χ0v) is 26.6. The summed E-state index contributed by atoms with van der Waals surface area (Å²) in [5.74, 6) is -2.37. The quantitative estimate of drug-likeness (QED) is 0.142. The molecule has 1 amide bonds. The van der Waals surface area contributed by atoms with E-state index in [1.807, 2.05) is 0 Å². The highest BCUT2D eigenvalue weighted by atomic mass is 35.5. The van der Waals surface area contributed by atoms with Gasteiger partial charge < -0.3 is 14.8 Å². The van der Waals surface area contributed by atoms with Gasteiger partial charge in [-0.15, -0.1) is 5.10 Å². The average Bonchev–Trinajstić information content (AvgIpc) is 2.98. The van der Waals surface area contributed by atoms with Crippen LogP contribution in [-0.2, 0) is 16.0 Å². The highest BCUT2D eigenvalue weighted by molar-refractivity contribution is 6.31. The second kappa shape index (κ2) is 14.2. The molecule has 0 radical (unpaired) electrons. The van der Waals surface area contributed by atoms with Gasteiger partial charge in [-0.1, -0.05) is 41.9 Å². The number of hydrogen-bond donors (Lipinski definition) is 1. The smallest absolute Gasteiger partial charge is 0.422 e. The molecule has 4 rings (SSSR count). The molecule has 4 aromatic rings. The predicted molar refractivity (Wildman–Crippen MR) is 170 cm³/mol. The molecule has 0 bridgehead atoms. The van der Waals surface area contributed by atoms with Crippen LogP contribution in [0.2, 0.25) is 5.02 Å². The van der Waals surface area contributed by atoms with Crippen molar-refractivity contribution < 1.29 is 37.0 Å². The lowest BCUT2D eigenvalue weighted by molar-refractivity contribution is -0.154. The molecule has 1 N–H and O–H groups in total. The second-order valence-electron chi connectivity index (χ2n) is 11.6. The van der Waals surface area contributed by atoms with Gasteiger partial charge in [0.1, 0.15) is 11.6 Å². The number of alkyl halides is 3. The molecule has 9 nitrogen and oxygen atoms in total. The molecule has 0 aliphatic heterocycles. The van der Waals surface area contributed by atoms with E-state index >= 15 is 0 Å². The number of nitrogens with one attached hydrogen (secondary N) is 1. The molecule has 0 spiro atoms. The second-order valence-corrected chi connectivity index (χ2v) is 12.0. The fraction of sp³-hybridized carbons (Fsp3) is 0.265. The molecule has 1 heterocycles. The molecule has 0 unspecified atom stereocenters. The standard InChI is InChI=1S/C34H31ClF3N3O6/c1-20(42)25-15-12-23(35)17-26(25)27-18-29(43)41(40-31(27)46-19-34(36,37)38)28(16-21-8-6-5-7-9-21)30(44)39-24-13-10-22(11-14-24)32(45)47-33(2,3)4/h5-15,17-18,28H,16,19H2,1-4H3,(H,39,44)/t28-/m0/s1. The van der Waals surface area contributed by atoms with Gasteiger partial charge in [0.25, 0.3) is 5.56 Å². The zero-order valence-electron chi connectivity index (χ0n) is 25.9. The van der Waals surface area contributed by atoms with E-state index in [9.17, 15) is 32.3 Å². The zero-order chi connectivity index (χ0) is 34.5. The number of Topliss-reactive ketones (excluding diaryl/α,β-unsaturated/α-hetero) is 1. The van der Waals surface area contributed by atoms with E-state index in [0.717, 1.165) is 10.7 Å². The lowest BCUT2D eigenvalue weighted by Gasteiger charge is -2.21. The Hall–Kier alpha value is -4.97. The van der Waals surface area contributed by atoms with Gasteiger partial charge in [-0.25, -0.2) is 9.48 Å². The SMILES string of the molecule is CC(=O)c1ccc(Cl)cc1-c1cc(=O)n([C@@H](Cc2ccccc2)C(=O)Nc2ccc(C(=O)OC(C)(C)C)cc2)nc1OCC(F)(F)F. The third-order valence-electron chi connectivity index (χ3n) is 6.60. The number of carbonyl (C=O) groups excluding carboxylic acids is 3. The molecule has 13 heteroatoms. The predicted octanol–water partition coefficient (Wildman–Crippen LogP) is 7.09. The van der Waals surface area contributed by atoms with Crippen molar-refractivity contribution >= 4 is 34.9 Å². The van der Waals surface area contributed by atoms with Gasteiger partial charge in [-0.05, 0) is 81.3 Å². The van der Waals surface area contributed by atoms with Gasteiger partial charge in [-0.3, -0.25) is 14.4 Å². The number of benzene rings is 3. The Labute approximate surface area is 273 Å². The largest absolute Gasteiger partial charge is 0.467 e. The summed E-state index contributed by atoms with van der Waals surface area (Å²) in [7, 11) is 0. The van der Waals surface area contributed by atoms with E-state index in [4.69, 9.17) is 21.1 Å². The fourth-order valence-corrected chi connectivity index (χ4v) is 4.72. The van der Waals surface area contributed by atoms with Gasteiger partial charge in [0, 0.05) is 28.8 Å². The number of amides is 1. The van der Waals surface area contributed by atoms with Crippen LogP contribution >= 0.6 is 11.6 Å². The number of nitrogens with zero attached hydrogens (tertiary/aromatic N) is 2. The maximum absolute atomic E-state index is 13.8. The molecule has 47 heavy (non-hydrogen) atoms. The molecular formula is C34H31ClF3N3O6. The first-order chi connectivity index (χ1) is 22.0. The molecule has 0 aliphatic carbocycles. The Kier molecular flexibility index (Phi) is 10.5. The lowest BCUT2D eigenvalue weighted by atomic mass is 9.98. The van der Waals surface area contributed by atoms with E-state index in [1.54, 1.807) is 51.1 Å². The van der Waals surface area contributed by atoms with E-state index in [1.165, 1.54) is 49.4 Å². The first-order valence-corrected chi connectivity index (χ1v) is 14.7. The molecule has 0 saturated heterocycles. The summed E-state index contributed by atoms with van der Waals surface area (Å²) < 4.78 is 51.1. The van der Waals surface area contributed by atoms with Crippen LogP contribution in [0.3, 0.4) is 0 Å². The fourth-order valence-electron chi connectivity index (χ4n) is 4.55. The van der Waals surface area contributed by atoms with Crippen LogP contribution in [0.5, 0.6) is 5.88 Å². The topological polar surface area (TPSA) is 117 Å². The summed E-state index contributed by atoms with van der Waals surface area (Å²) in [5, 5.41) is 6.95. The van der Waals surface area contributed by atoms with Crippen LogP contribution in [0.4, 0.5) is 18.9 Å². The van der Waals surface area contributed by atoms with Crippen LogP contribution in [0.1, 0.15) is 60.0 Å². The first kappa shape index (κ1) is 34.9. The van der Waals surface area contributed by atoms with Crippen molar-refractivity contribution in [2.24, 2.45) is 0 Å². The minimum atomic E-state index is -4.77. The third-order valence-corrected chi connectivity index (χ3v) is 6.84. The van der Waals surface area contributed by atoms with Crippen LogP contribution in [-0.4, -0.2) is 45.8 Å². The summed E-state index contributed by atoms with van der Waals surface area (Å²) in [6.07, 6.45) is -4.85. The number of carbonyl (C=O) groups is 3.